The summed E-state index contributed by atoms with van der Waals surface area (Å²) in [6.45, 7) is 2.42. The Morgan fingerprint density at radius 1 is 0.690 bits per heavy atom. The molecule has 2 fully saturated rings. The van der Waals surface area contributed by atoms with E-state index in [-0.39, 0.29) is 0 Å². The highest BCUT2D eigenvalue weighted by atomic mass is 14.4. The number of hydrogen-bond acceptors (Lipinski definition) is 1. The van der Waals surface area contributed by atoms with E-state index in [2.05, 4.69) is 55.2 Å². The monoisotopic (exact) mass is 381 g/mol. The van der Waals surface area contributed by atoms with Gasteiger partial charge >= 0.3 is 0 Å². The zero-order chi connectivity index (χ0) is 20.1. The van der Waals surface area contributed by atoms with Crippen molar-refractivity contribution >= 4 is 0 Å². The first-order valence-electron chi connectivity index (χ1n) is 11.3. The van der Waals surface area contributed by atoms with Crippen molar-refractivity contribution in [1.82, 2.24) is 0 Å². The predicted octanol–water partition coefficient (Wildman–Crippen LogP) is 7.33. The molecule has 0 N–H and O–H groups in total. The molecule has 0 spiro atoms. The number of benzene rings is 2. The summed E-state index contributed by atoms with van der Waals surface area (Å²) in [4.78, 5) is 0. The van der Waals surface area contributed by atoms with Crippen LogP contribution >= 0.6 is 0 Å². The van der Waals surface area contributed by atoms with E-state index in [0.29, 0.717) is 0 Å². The Morgan fingerprint density at radius 3 is 1.76 bits per heavy atom. The molecule has 2 aromatic rings. The maximum atomic E-state index is 8.56. The third-order valence-corrected chi connectivity index (χ3v) is 7.36. The van der Waals surface area contributed by atoms with Crippen molar-refractivity contribution < 1.29 is 0 Å². The molecule has 0 aliphatic heterocycles. The van der Waals surface area contributed by atoms with Gasteiger partial charge in [-0.2, -0.15) is 5.26 Å². The van der Waals surface area contributed by atoms with Gasteiger partial charge in [-0.25, -0.2) is 0 Å². The summed E-state index contributed by atoms with van der Waals surface area (Å²) in [7, 11) is 0. The molecular formula is C28H31N. The lowest BCUT2D eigenvalue weighted by Gasteiger charge is -2.37. The van der Waals surface area contributed by atoms with E-state index >= 15 is 0 Å². The van der Waals surface area contributed by atoms with E-state index in [1.54, 1.807) is 0 Å². The molecule has 0 unspecified atom stereocenters. The summed E-state index contributed by atoms with van der Waals surface area (Å²) in [6.07, 6.45) is 11.5. The third kappa shape index (κ3) is 4.92. The van der Waals surface area contributed by atoms with Crippen molar-refractivity contribution in [1.29, 1.82) is 5.26 Å². The SMILES string of the molecule is CC1CCC(C2CCC(c3ccc(-c4ccc(C#CC#N)cc4)cc3)CC2)CC1. The first-order valence-corrected chi connectivity index (χ1v) is 11.3. The number of rotatable bonds is 3. The summed E-state index contributed by atoms with van der Waals surface area (Å²) in [5.41, 5.74) is 4.85. The Hall–Kier alpha value is -2.51. The highest BCUT2D eigenvalue weighted by Gasteiger charge is 2.30. The second kappa shape index (κ2) is 9.33. The molecule has 0 aromatic heterocycles. The fourth-order valence-electron chi connectivity index (χ4n) is 5.48. The molecule has 0 amide bonds. The molecule has 2 aliphatic carbocycles. The van der Waals surface area contributed by atoms with Gasteiger partial charge in [-0.3, -0.25) is 0 Å². The summed E-state index contributed by atoms with van der Waals surface area (Å²) in [5, 5.41) is 8.56. The molecule has 0 bridgehead atoms. The molecule has 0 saturated heterocycles. The zero-order valence-electron chi connectivity index (χ0n) is 17.5. The first kappa shape index (κ1) is 19.8. The van der Waals surface area contributed by atoms with Crippen LogP contribution in [0, 0.1) is 40.9 Å². The van der Waals surface area contributed by atoms with E-state index in [1.807, 2.05) is 18.2 Å². The minimum absolute atomic E-state index is 0.742. The molecule has 0 atom stereocenters. The third-order valence-electron chi connectivity index (χ3n) is 7.36. The molecule has 29 heavy (non-hydrogen) atoms. The van der Waals surface area contributed by atoms with Gasteiger partial charge in [-0.1, -0.05) is 62.1 Å². The van der Waals surface area contributed by atoms with Gasteiger partial charge in [-0.05, 0) is 91.0 Å². The molecule has 4 rings (SSSR count). The maximum absolute atomic E-state index is 8.56. The van der Waals surface area contributed by atoms with Crippen molar-refractivity contribution in [3.05, 3.63) is 59.7 Å². The van der Waals surface area contributed by atoms with Crippen LogP contribution in [0.2, 0.25) is 0 Å². The van der Waals surface area contributed by atoms with Crippen LogP contribution in [0.15, 0.2) is 48.5 Å². The van der Waals surface area contributed by atoms with Crippen LogP contribution in [0.4, 0.5) is 0 Å². The summed E-state index contributed by atoms with van der Waals surface area (Å²) >= 11 is 0. The Kier molecular flexibility index (Phi) is 6.36. The fourth-order valence-corrected chi connectivity index (χ4v) is 5.48. The average molecular weight is 382 g/mol. The van der Waals surface area contributed by atoms with E-state index in [9.17, 15) is 0 Å². The van der Waals surface area contributed by atoms with E-state index in [1.165, 1.54) is 68.1 Å². The summed E-state index contributed by atoms with van der Waals surface area (Å²) in [6, 6.07) is 19.2. The van der Waals surface area contributed by atoms with Crippen LogP contribution in [0.25, 0.3) is 11.1 Å². The van der Waals surface area contributed by atoms with Crippen LogP contribution in [0.5, 0.6) is 0 Å². The standard InChI is InChI=1S/C28H31N/c1-21-4-8-23(9-5-21)25-12-16-27(17-13-25)28-18-14-26(15-19-28)24-10-6-22(7-11-24)3-2-20-29/h6-7,10-11,14-15,18-19,21,23,25,27H,4-5,8-9,12-13,16-17H2,1H3. The maximum Gasteiger partial charge on any atom is 0.152 e. The Labute approximate surface area is 176 Å². The Morgan fingerprint density at radius 2 is 1.21 bits per heavy atom. The quantitative estimate of drug-likeness (QED) is 0.511. The summed E-state index contributed by atoms with van der Waals surface area (Å²) < 4.78 is 0. The van der Waals surface area contributed by atoms with Crippen molar-refractivity contribution in [2.45, 2.75) is 64.2 Å². The van der Waals surface area contributed by atoms with Crippen molar-refractivity contribution in [2.75, 3.05) is 0 Å². The molecule has 1 heteroatoms. The second-order valence-corrected chi connectivity index (χ2v) is 9.19. The molecule has 0 radical (unpaired) electrons. The van der Waals surface area contributed by atoms with E-state index in [4.69, 9.17) is 5.26 Å². The van der Waals surface area contributed by atoms with Gasteiger partial charge < -0.3 is 0 Å². The average Bonchev–Trinajstić information content (AvgIpc) is 2.79. The highest BCUT2D eigenvalue weighted by Crippen LogP contribution is 2.44. The van der Waals surface area contributed by atoms with Crippen molar-refractivity contribution in [3.8, 4) is 29.0 Å². The summed E-state index contributed by atoms with van der Waals surface area (Å²) in [5.74, 6) is 8.99. The predicted molar refractivity (Wildman–Crippen MR) is 120 cm³/mol. The lowest BCUT2D eigenvalue weighted by Crippen LogP contribution is -2.24. The molecular weight excluding hydrogens is 350 g/mol. The highest BCUT2D eigenvalue weighted by molar-refractivity contribution is 5.64. The zero-order valence-corrected chi connectivity index (χ0v) is 17.5. The number of nitrogens with zero attached hydrogens (tertiary/aromatic N) is 1. The van der Waals surface area contributed by atoms with Crippen LogP contribution in [0.1, 0.15) is 75.3 Å². The molecule has 2 saturated carbocycles. The Bertz CT molecular complexity index is 888. The van der Waals surface area contributed by atoms with Crippen LogP contribution < -0.4 is 0 Å². The molecule has 0 heterocycles. The smallest absolute Gasteiger partial charge is 0.152 e. The lowest BCUT2D eigenvalue weighted by atomic mass is 9.68. The minimum atomic E-state index is 0.742. The van der Waals surface area contributed by atoms with Gasteiger partial charge in [0, 0.05) is 11.5 Å². The Balaban J connectivity index is 1.34. The number of hydrogen-bond donors (Lipinski definition) is 0. The van der Waals surface area contributed by atoms with Crippen LogP contribution in [-0.2, 0) is 0 Å². The van der Waals surface area contributed by atoms with Gasteiger partial charge in [0.2, 0.25) is 0 Å². The molecule has 2 aliphatic rings. The van der Waals surface area contributed by atoms with Gasteiger partial charge in [-0.15, -0.1) is 0 Å². The van der Waals surface area contributed by atoms with Crippen molar-refractivity contribution in [3.63, 3.8) is 0 Å². The normalized spacial score (nSPS) is 26.8. The van der Waals surface area contributed by atoms with Crippen molar-refractivity contribution in [2.24, 2.45) is 17.8 Å². The van der Waals surface area contributed by atoms with Gasteiger partial charge in [0.25, 0.3) is 0 Å². The minimum Gasteiger partial charge on any atom is -0.183 e. The topological polar surface area (TPSA) is 23.8 Å². The van der Waals surface area contributed by atoms with Crippen LogP contribution in [-0.4, -0.2) is 0 Å². The van der Waals surface area contributed by atoms with E-state index < -0.39 is 0 Å². The molecule has 2 aromatic carbocycles. The molecule has 148 valence electrons. The number of nitriles is 1. The van der Waals surface area contributed by atoms with Gasteiger partial charge in [0.1, 0.15) is 0 Å². The largest absolute Gasteiger partial charge is 0.183 e. The first-order chi connectivity index (χ1) is 14.2. The second-order valence-electron chi connectivity index (χ2n) is 9.19. The fraction of sp³-hybridized carbons (Fsp3) is 0.464. The molecule has 1 nitrogen and oxygen atoms in total. The van der Waals surface area contributed by atoms with Gasteiger partial charge in [0.15, 0.2) is 6.07 Å². The van der Waals surface area contributed by atoms with E-state index in [0.717, 1.165) is 29.2 Å². The lowest BCUT2D eigenvalue weighted by molar-refractivity contribution is 0.165. The van der Waals surface area contributed by atoms with Gasteiger partial charge in [0.05, 0.1) is 0 Å². The van der Waals surface area contributed by atoms with Crippen LogP contribution in [0.3, 0.4) is 0 Å².